The Kier molecular flexibility index (Phi) is 5.15. The lowest BCUT2D eigenvalue weighted by atomic mass is 9.86. The molecule has 22 heavy (non-hydrogen) atoms. The Morgan fingerprint density at radius 1 is 1.09 bits per heavy atom. The summed E-state index contributed by atoms with van der Waals surface area (Å²) in [6, 6.07) is 0.0873. The van der Waals surface area contributed by atoms with Crippen LogP contribution >= 0.6 is 0 Å². The van der Waals surface area contributed by atoms with Crippen molar-refractivity contribution in [3.8, 4) is 0 Å². The molecule has 4 nitrogen and oxygen atoms in total. The van der Waals surface area contributed by atoms with Crippen LogP contribution in [0.15, 0.2) is 0 Å². The van der Waals surface area contributed by atoms with E-state index >= 15 is 0 Å². The molecule has 0 aromatic rings. The molecule has 2 heterocycles. The van der Waals surface area contributed by atoms with E-state index in [2.05, 4.69) is 0 Å². The van der Waals surface area contributed by atoms with Crippen molar-refractivity contribution in [1.29, 1.82) is 0 Å². The van der Waals surface area contributed by atoms with E-state index < -0.39 is 10.0 Å². The Morgan fingerprint density at radius 3 is 2.55 bits per heavy atom. The van der Waals surface area contributed by atoms with Crippen molar-refractivity contribution in [2.24, 2.45) is 11.8 Å². The number of piperidine rings is 1. The van der Waals surface area contributed by atoms with Crippen LogP contribution in [-0.2, 0) is 10.0 Å². The molecule has 5 heteroatoms. The third-order valence-corrected chi connectivity index (χ3v) is 8.29. The number of rotatable bonds is 5. The summed E-state index contributed by atoms with van der Waals surface area (Å²) in [6.07, 6.45) is 10.6. The van der Waals surface area contributed by atoms with Crippen LogP contribution in [0.5, 0.6) is 0 Å². The molecule has 1 saturated carbocycles. The van der Waals surface area contributed by atoms with Crippen LogP contribution in [0.25, 0.3) is 0 Å². The van der Waals surface area contributed by atoms with Crippen LogP contribution in [0.4, 0.5) is 0 Å². The zero-order valence-corrected chi connectivity index (χ0v) is 14.6. The first-order chi connectivity index (χ1) is 10.5. The maximum absolute atomic E-state index is 12.8. The second-order valence-corrected chi connectivity index (χ2v) is 9.75. The van der Waals surface area contributed by atoms with E-state index in [9.17, 15) is 13.5 Å². The van der Waals surface area contributed by atoms with E-state index in [1.807, 2.05) is 6.92 Å². The first-order valence-corrected chi connectivity index (χ1v) is 10.8. The molecule has 0 spiro atoms. The Morgan fingerprint density at radius 2 is 1.82 bits per heavy atom. The van der Waals surface area contributed by atoms with Crippen LogP contribution in [-0.4, -0.2) is 41.8 Å². The topological polar surface area (TPSA) is 57.6 Å². The quantitative estimate of drug-likeness (QED) is 0.844. The van der Waals surface area contributed by atoms with Crippen molar-refractivity contribution in [1.82, 2.24) is 4.31 Å². The fraction of sp³-hybridized carbons (Fsp3) is 1.00. The minimum atomic E-state index is -3.15. The van der Waals surface area contributed by atoms with Gasteiger partial charge in [-0.2, -0.15) is 4.31 Å². The highest BCUT2D eigenvalue weighted by Crippen LogP contribution is 2.41. The van der Waals surface area contributed by atoms with Gasteiger partial charge in [0.2, 0.25) is 10.0 Å². The van der Waals surface area contributed by atoms with Crippen LogP contribution in [0, 0.1) is 11.8 Å². The van der Waals surface area contributed by atoms with E-state index in [0.29, 0.717) is 12.2 Å². The van der Waals surface area contributed by atoms with Crippen molar-refractivity contribution >= 4 is 10.0 Å². The molecular weight excluding hydrogens is 298 g/mol. The number of nitrogens with zero attached hydrogens (tertiary/aromatic N) is 1. The lowest BCUT2D eigenvalue weighted by Gasteiger charge is -2.40. The molecule has 3 rings (SSSR count). The van der Waals surface area contributed by atoms with Crippen molar-refractivity contribution in [3.63, 3.8) is 0 Å². The molecule has 3 aliphatic rings. The zero-order valence-electron chi connectivity index (χ0n) is 13.8. The van der Waals surface area contributed by atoms with Crippen LogP contribution in [0.3, 0.4) is 0 Å². The van der Waals surface area contributed by atoms with Crippen LogP contribution in [0.1, 0.15) is 71.1 Å². The maximum atomic E-state index is 12.8. The van der Waals surface area contributed by atoms with Gasteiger partial charge in [0.05, 0.1) is 11.9 Å². The van der Waals surface area contributed by atoms with Gasteiger partial charge in [0.1, 0.15) is 0 Å². The first-order valence-electron chi connectivity index (χ1n) is 9.18. The van der Waals surface area contributed by atoms with Gasteiger partial charge >= 0.3 is 0 Å². The van der Waals surface area contributed by atoms with Gasteiger partial charge in [0.25, 0.3) is 0 Å². The van der Waals surface area contributed by atoms with Gasteiger partial charge in [-0.25, -0.2) is 8.42 Å². The summed E-state index contributed by atoms with van der Waals surface area (Å²) in [5.41, 5.74) is 0. The summed E-state index contributed by atoms with van der Waals surface area (Å²) < 4.78 is 27.4. The lowest BCUT2D eigenvalue weighted by Crippen LogP contribution is -2.53. The van der Waals surface area contributed by atoms with E-state index in [4.69, 9.17) is 0 Å². The molecule has 1 N–H and O–H groups in total. The van der Waals surface area contributed by atoms with Gasteiger partial charge in [-0.1, -0.05) is 39.0 Å². The van der Waals surface area contributed by atoms with E-state index in [1.54, 1.807) is 4.31 Å². The molecule has 0 aromatic heterocycles. The fourth-order valence-electron chi connectivity index (χ4n) is 4.92. The highest BCUT2D eigenvalue weighted by atomic mass is 32.2. The zero-order chi connectivity index (χ0) is 15.7. The monoisotopic (exact) mass is 329 g/mol. The number of fused-ring (bicyclic) bond motifs is 2. The molecule has 2 aliphatic heterocycles. The molecular formula is C17H31NO3S. The predicted molar refractivity (Wildman–Crippen MR) is 88.0 cm³/mol. The van der Waals surface area contributed by atoms with Crippen molar-refractivity contribution < 1.29 is 13.5 Å². The minimum Gasteiger partial charge on any atom is -0.393 e. The Balaban J connectivity index is 1.56. The number of hydrogen-bond donors (Lipinski definition) is 1. The van der Waals surface area contributed by atoms with Gasteiger partial charge < -0.3 is 5.11 Å². The summed E-state index contributed by atoms with van der Waals surface area (Å²) >= 11 is 0. The van der Waals surface area contributed by atoms with Crippen molar-refractivity contribution in [2.75, 3.05) is 5.75 Å². The molecule has 0 aromatic carbocycles. The molecule has 1 aliphatic carbocycles. The smallest absolute Gasteiger partial charge is 0.214 e. The van der Waals surface area contributed by atoms with E-state index in [0.717, 1.165) is 31.6 Å². The Bertz CT molecular complexity index is 472. The molecule has 4 unspecified atom stereocenters. The number of hydrogen-bond acceptors (Lipinski definition) is 3. The SMILES string of the molecule is CC1C(O)CC2CCC1N2S(=O)(=O)CCCC1CCCCC1. The third kappa shape index (κ3) is 3.36. The highest BCUT2D eigenvalue weighted by molar-refractivity contribution is 7.89. The average molecular weight is 330 g/mol. The Hall–Kier alpha value is -0.130. The van der Waals surface area contributed by atoms with Gasteiger partial charge in [0.15, 0.2) is 0 Å². The van der Waals surface area contributed by atoms with Crippen LogP contribution < -0.4 is 0 Å². The first kappa shape index (κ1) is 16.7. The summed E-state index contributed by atoms with van der Waals surface area (Å²) in [7, 11) is -3.15. The third-order valence-electron chi connectivity index (χ3n) is 6.27. The van der Waals surface area contributed by atoms with Crippen LogP contribution in [0.2, 0.25) is 0 Å². The molecule has 2 bridgehead atoms. The molecule has 0 amide bonds. The second kappa shape index (κ2) is 6.78. The number of aliphatic hydroxyl groups excluding tert-OH is 1. The highest BCUT2D eigenvalue weighted by Gasteiger charge is 2.49. The van der Waals surface area contributed by atoms with Gasteiger partial charge in [-0.15, -0.1) is 0 Å². The van der Waals surface area contributed by atoms with Crippen molar-refractivity contribution in [2.45, 2.75) is 89.3 Å². The van der Waals surface area contributed by atoms with E-state index in [1.165, 1.54) is 32.1 Å². The summed E-state index contributed by atoms with van der Waals surface area (Å²) in [5, 5.41) is 10.1. The van der Waals surface area contributed by atoms with E-state index in [-0.39, 0.29) is 24.1 Å². The standard InChI is InChI=1S/C17H31NO3S/c1-13-16-10-9-15(12-17(13)19)18(16)22(20,21)11-5-8-14-6-3-2-4-7-14/h13-17,19H,2-12H2,1H3. The number of aliphatic hydroxyl groups is 1. The second-order valence-electron chi connectivity index (χ2n) is 7.75. The Labute approximate surface area is 135 Å². The molecule has 2 saturated heterocycles. The summed E-state index contributed by atoms with van der Waals surface area (Å²) in [4.78, 5) is 0. The maximum Gasteiger partial charge on any atom is 0.214 e. The fourth-order valence-corrected chi connectivity index (χ4v) is 7.02. The normalized spacial score (nSPS) is 37.5. The molecule has 128 valence electrons. The summed E-state index contributed by atoms with van der Waals surface area (Å²) in [6.45, 7) is 2.00. The van der Waals surface area contributed by atoms with Gasteiger partial charge in [0, 0.05) is 12.1 Å². The van der Waals surface area contributed by atoms with Gasteiger partial charge in [-0.05, 0) is 43.9 Å². The molecule has 4 atom stereocenters. The average Bonchev–Trinajstić information content (AvgIpc) is 2.85. The molecule has 0 radical (unpaired) electrons. The van der Waals surface area contributed by atoms with Gasteiger partial charge in [-0.3, -0.25) is 0 Å². The van der Waals surface area contributed by atoms with Crippen molar-refractivity contribution in [3.05, 3.63) is 0 Å². The minimum absolute atomic E-state index is 0.0356. The summed E-state index contributed by atoms with van der Waals surface area (Å²) in [5.74, 6) is 1.13. The number of sulfonamides is 1. The molecule has 3 fully saturated rings. The predicted octanol–water partition coefficient (Wildman–Crippen LogP) is 2.91. The largest absolute Gasteiger partial charge is 0.393 e. The lowest BCUT2D eigenvalue weighted by molar-refractivity contribution is 0.0257.